The summed E-state index contributed by atoms with van der Waals surface area (Å²) < 4.78 is 33.2. The minimum atomic E-state index is -1.09. The van der Waals surface area contributed by atoms with Gasteiger partial charge in [-0.3, -0.25) is 0 Å². The third-order valence-electron chi connectivity index (χ3n) is 4.77. The smallest absolute Gasteiger partial charge is 0.109 e. The molecule has 0 spiro atoms. The number of aliphatic hydroxyl groups is 7. The molecule has 0 amide bonds. The summed E-state index contributed by atoms with van der Waals surface area (Å²) in [5.41, 5.74) is 0. The molecule has 222 valence electrons. The Balaban J connectivity index is 4.68. The molecule has 0 aliphatic heterocycles. The summed E-state index contributed by atoms with van der Waals surface area (Å²) in [7, 11) is 0. The maximum Gasteiger partial charge on any atom is 0.109 e. The standard InChI is InChI=1S/C22H45NO14/c1-2-20(11-34-13-21(36-10-19(30)6-26)12-32-7-17(28)4-24)37-15-22(14-33-8-18(29)5-25)35-9-16(27)3-23-31/h16-22,24-30H,2-15H2,1H3. The average molecular weight is 548 g/mol. The predicted molar refractivity (Wildman–Crippen MR) is 128 cm³/mol. The second-order valence-corrected chi connectivity index (χ2v) is 8.36. The summed E-state index contributed by atoms with van der Waals surface area (Å²) >= 11 is 0. The molecule has 7 N–H and O–H groups in total. The Labute approximate surface area is 216 Å². The van der Waals surface area contributed by atoms with E-state index in [1.807, 2.05) is 6.92 Å². The summed E-state index contributed by atoms with van der Waals surface area (Å²) in [6, 6.07) is 0. The molecule has 0 aliphatic rings. The van der Waals surface area contributed by atoms with Crippen LogP contribution in [0.3, 0.4) is 0 Å². The van der Waals surface area contributed by atoms with E-state index in [0.717, 1.165) is 0 Å². The number of hydrogen-bond acceptors (Lipinski definition) is 15. The van der Waals surface area contributed by atoms with Crippen molar-refractivity contribution in [3.63, 3.8) is 0 Å². The fourth-order valence-corrected chi connectivity index (χ4v) is 2.61. The molecule has 0 radical (unpaired) electrons. The lowest BCUT2D eigenvalue weighted by atomic mass is 10.3. The van der Waals surface area contributed by atoms with Gasteiger partial charge in [0.1, 0.15) is 43.2 Å². The zero-order valence-electron chi connectivity index (χ0n) is 21.4. The summed E-state index contributed by atoms with van der Waals surface area (Å²) in [6.07, 6.45) is -5.31. The number of rotatable bonds is 27. The molecule has 0 aliphatic carbocycles. The number of nitrogens with zero attached hydrogens (tertiary/aromatic N) is 1. The van der Waals surface area contributed by atoms with Crippen LogP contribution >= 0.6 is 0 Å². The van der Waals surface area contributed by atoms with Crippen LogP contribution < -0.4 is 0 Å². The molecule has 7 atom stereocenters. The van der Waals surface area contributed by atoms with E-state index in [0.29, 0.717) is 6.42 Å². The van der Waals surface area contributed by atoms with Crippen LogP contribution in [0.1, 0.15) is 13.3 Å². The van der Waals surface area contributed by atoms with Gasteiger partial charge in [-0.05, 0) is 6.42 Å². The topological polar surface area (TPSA) is 226 Å². The summed E-state index contributed by atoms with van der Waals surface area (Å²) in [6.45, 7) is -0.144. The summed E-state index contributed by atoms with van der Waals surface area (Å²) in [4.78, 5) is 10.3. The van der Waals surface area contributed by atoms with Crippen LogP contribution in [0.2, 0.25) is 0 Å². The minimum Gasteiger partial charge on any atom is -0.394 e. The Morgan fingerprint density at radius 3 is 1.38 bits per heavy atom. The average Bonchev–Trinajstić information content (AvgIpc) is 2.90. The highest BCUT2D eigenvalue weighted by atomic mass is 16.6. The molecule has 7 unspecified atom stereocenters. The fourth-order valence-electron chi connectivity index (χ4n) is 2.61. The predicted octanol–water partition coefficient (Wildman–Crippen LogP) is -3.21. The highest BCUT2D eigenvalue weighted by Gasteiger charge is 2.19. The van der Waals surface area contributed by atoms with Crippen molar-refractivity contribution < 1.29 is 64.2 Å². The first-order valence-corrected chi connectivity index (χ1v) is 12.2. The largest absolute Gasteiger partial charge is 0.394 e. The van der Waals surface area contributed by atoms with Crippen LogP contribution in [0, 0.1) is 4.91 Å². The monoisotopic (exact) mass is 547 g/mol. The fraction of sp³-hybridized carbons (Fsp3) is 1.00. The molecular weight excluding hydrogens is 502 g/mol. The van der Waals surface area contributed by atoms with Crippen LogP contribution in [-0.2, 0) is 28.4 Å². The third-order valence-corrected chi connectivity index (χ3v) is 4.77. The van der Waals surface area contributed by atoms with Crippen molar-refractivity contribution in [2.75, 3.05) is 85.8 Å². The lowest BCUT2D eigenvalue weighted by molar-refractivity contribution is -0.124. The Kier molecular flexibility index (Phi) is 23.5. The lowest BCUT2D eigenvalue weighted by Crippen LogP contribution is -2.35. The van der Waals surface area contributed by atoms with Crippen molar-refractivity contribution >= 4 is 0 Å². The number of hydrogen-bond donors (Lipinski definition) is 7. The van der Waals surface area contributed by atoms with Crippen molar-refractivity contribution in [1.82, 2.24) is 0 Å². The highest BCUT2D eigenvalue weighted by Crippen LogP contribution is 2.06. The molecule has 0 bridgehead atoms. The van der Waals surface area contributed by atoms with Crippen molar-refractivity contribution in [2.45, 2.75) is 56.1 Å². The molecule has 0 rings (SSSR count). The van der Waals surface area contributed by atoms with E-state index in [1.54, 1.807) is 0 Å². The van der Waals surface area contributed by atoms with Crippen LogP contribution in [0.5, 0.6) is 0 Å². The van der Waals surface area contributed by atoms with Gasteiger partial charge in [0, 0.05) is 0 Å². The SMILES string of the molecule is CCC(COCC(COCC(O)CO)OCC(O)CO)OCC(COCC(O)CO)OCC(O)CN=O. The normalized spacial score (nSPS) is 17.6. The Morgan fingerprint density at radius 2 is 0.919 bits per heavy atom. The first-order chi connectivity index (χ1) is 17.8. The maximum atomic E-state index is 10.3. The van der Waals surface area contributed by atoms with Gasteiger partial charge in [-0.1, -0.05) is 12.1 Å². The third kappa shape index (κ3) is 20.7. The zero-order valence-corrected chi connectivity index (χ0v) is 21.4. The Bertz CT molecular complexity index is 520. The van der Waals surface area contributed by atoms with E-state index in [9.17, 15) is 25.3 Å². The van der Waals surface area contributed by atoms with E-state index >= 15 is 0 Å². The molecule has 0 saturated carbocycles. The van der Waals surface area contributed by atoms with Gasteiger partial charge in [-0.25, -0.2) is 0 Å². The van der Waals surface area contributed by atoms with E-state index in [2.05, 4.69) is 5.18 Å². The van der Waals surface area contributed by atoms with Gasteiger partial charge < -0.3 is 64.2 Å². The molecule has 15 heteroatoms. The molecule has 0 heterocycles. The Morgan fingerprint density at radius 1 is 0.541 bits per heavy atom. The Hall–Kier alpha value is -0.920. The second kappa shape index (κ2) is 24.1. The van der Waals surface area contributed by atoms with Gasteiger partial charge in [-0.2, -0.15) is 4.91 Å². The van der Waals surface area contributed by atoms with Crippen molar-refractivity contribution in [3.8, 4) is 0 Å². The van der Waals surface area contributed by atoms with Gasteiger partial charge in [0.25, 0.3) is 0 Å². The summed E-state index contributed by atoms with van der Waals surface area (Å²) in [5.74, 6) is 0. The van der Waals surface area contributed by atoms with Crippen molar-refractivity contribution in [2.24, 2.45) is 5.18 Å². The van der Waals surface area contributed by atoms with Crippen molar-refractivity contribution in [3.05, 3.63) is 4.91 Å². The number of aliphatic hydroxyl groups excluding tert-OH is 7. The van der Waals surface area contributed by atoms with Gasteiger partial charge in [0.05, 0.1) is 85.4 Å². The molecule has 0 fully saturated rings. The second-order valence-electron chi connectivity index (χ2n) is 8.36. The minimum absolute atomic E-state index is 0.00425. The molecule has 37 heavy (non-hydrogen) atoms. The molecule has 15 nitrogen and oxygen atoms in total. The van der Waals surface area contributed by atoms with Gasteiger partial charge >= 0.3 is 0 Å². The van der Waals surface area contributed by atoms with Gasteiger partial charge in [0.2, 0.25) is 0 Å². The summed E-state index contributed by atoms with van der Waals surface area (Å²) in [5, 5.41) is 67.3. The first-order valence-electron chi connectivity index (χ1n) is 12.2. The number of nitroso groups, excluding NO2 is 1. The van der Waals surface area contributed by atoms with E-state index in [1.165, 1.54) is 0 Å². The molecular formula is C22H45NO14. The molecule has 0 aromatic rings. The van der Waals surface area contributed by atoms with E-state index < -0.39 is 56.4 Å². The van der Waals surface area contributed by atoms with Crippen molar-refractivity contribution in [1.29, 1.82) is 0 Å². The molecule has 0 aromatic heterocycles. The zero-order chi connectivity index (χ0) is 27.9. The van der Waals surface area contributed by atoms with Gasteiger partial charge in [0.15, 0.2) is 0 Å². The molecule has 0 aromatic carbocycles. The van der Waals surface area contributed by atoms with Crippen LogP contribution in [0.25, 0.3) is 0 Å². The van der Waals surface area contributed by atoms with Crippen LogP contribution in [-0.4, -0.2) is 164 Å². The quantitative estimate of drug-likeness (QED) is 0.0503. The highest BCUT2D eigenvalue weighted by molar-refractivity contribution is 4.65. The lowest BCUT2D eigenvalue weighted by Gasteiger charge is -2.24. The maximum absolute atomic E-state index is 10.3. The molecule has 0 saturated heterocycles. The van der Waals surface area contributed by atoms with Crippen LogP contribution in [0.4, 0.5) is 0 Å². The van der Waals surface area contributed by atoms with E-state index in [4.69, 9.17) is 43.7 Å². The van der Waals surface area contributed by atoms with Gasteiger partial charge in [-0.15, -0.1) is 0 Å². The van der Waals surface area contributed by atoms with E-state index in [-0.39, 0.29) is 72.1 Å². The first kappa shape index (κ1) is 36.1. The number of ether oxygens (including phenoxy) is 6. The van der Waals surface area contributed by atoms with Crippen LogP contribution in [0.15, 0.2) is 5.18 Å².